The fourth-order valence-corrected chi connectivity index (χ4v) is 2.33. The summed E-state index contributed by atoms with van der Waals surface area (Å²) in [6, 6.07) is 13.1. The normalized spacial score (nSPS) is 10.7. The minimum absolute atomic E-state index is 0.273. The molecule has 1 aromatic carbocycles. The fourth-order valence-electron chi connectivity index (χ4n) is 2.33. The van der Waals surface area contributed by atoms with Crippen LogP contribution in [0.2, 0.25) is 0 Å². The van der Waals surface area contributed by atoms with Crippen LogP contribution >= 0.6 is 0 Å². The quantitative estimate of drug-likeness (QED) is 0.761. The Morgan fingerprint density at radius 2 is 2.04 bits per heavy atom. The zero-order valence-corrected chi connectivity index (χ0v) is 12.8. The number of nitrogens with one attached hydrogen (secondary N) is 2. The number of imidazole rings is 1. The zero-order chi connectivity index (χ0) is 16.1. The number of nitrogens with zero attached hydrogens (tertiary/aromatic N) is 2. The van der Waals surface area contributed by atoms with E-state index in [0.717, 1.165) is 22.6 Å². The van der Waals surface area contributed by atoms with E-state index in [-0.39, 0.29) is 6.03 Å². The number of ether oxygens (including phenoxy) is 1. The fraction of sp³-hybridized carbons (Fsp3) is 0.176. The highest BCUT2D eigenvalue weighted by Gasteiger charge is 2.07. The number of urea groups is 1. The minimum atomic E-state index is -0.273. The lowest BCUT2D eigenvalue weighted by Gasteiger charge is -2.10. The molecule has 0 saturated carbocycles. The van der Waals surface area contributed by atoms with E-state index < -0.39 is 0 Å². The first-order chi connectivity index (χ1) is 11.3. The molecule has 0 aliphatic heterocycles. The Labute approximate surface area is 134 Å². The summed E-state index contributed by atoms with van der Waals surface area (Å²) in [5.74, 6) is 0. The number of aromatic nitrogens is 2. The van der Waals surface area contributed by atoms with Gasteiger partial charge in [-0.1, -0.05) is 24.3 Å². The smallest absolute Gasteiger partial charge is 0.319 e. The molecular weight excluding hydrogens is 292 g/mol. The minimum Gasteiger partial charge on any atom is -0.380 e. The maximum Gasteiger partial charge on any atom is 0.319 e. The Bertz CT molecular complexity index is 780. The molecule has 0 aliphatic rings. The first kappa shape index (κ1) is 15.1. The van der Waals surface area contributed by atoms with E-state index >= 15 is 0 Å². The highest BCUT2D eigenvalue weighted by Crippen LogP contribution is 2.15. The van der Waals surface area contributed by atoms with E-state index in [1.165, 1.54) is 0 Å². The third kappa shape index (κ3) is 3.67. The lowest BCUT2D eigenvalue weighted by molar-refractivity contribution is 0.185. The van der Waals surface area contributed by atoms with Gasteiger partial charge in [0.25, 0.3) is 0 Å². The van der Waals surface area contributed by atoms with Crippen molar-refractivity contribution in [3.8, 4) is 0 Å². The molecule has 3 rings (SSSR count). The van der Waals surface area contributed by atoms with Crippen molar-refractivity contribution < 1.29 is 9.53 Å². The van der Waals surface area contributed by atoms with Crippen molar-refractivity contribution >= 4 is 17.4 Å². The Morgan fingerprint density at radius 1 is 1.22 bits per heavy atom. The maximum absolute atomic E-state index is 12.1. The Kier molecular flexibility index (Phi) is 4.54. The third-order valence-corrected chi connectivity index (χ3v) is 3.41. The molecule has 0 bridgehead atoms. The third-order valence-electron chi connectivity index (χ3n) is 3.41. The second kappa shape index (κ2) is 6.93. The van der Waals surface area contributed by atoms with E-state index in [4.69, 9.17) is 4.74 Å². The summed E-state index contributed by atoms with van der Waals surface area (Å²) in [6.45, 7) is 0.808. The summed E-state index contributed by atoms with van der Waals surface area (Å²) < 4.78 is 7.05. The predicted molar refractivity (Wildman–Crippen MR) is 88.2 cm³/mol. The molecule has 118 valence electrons. The SMILES string of the molecule is COCc1ccccc1NC(=O)NCc1cn2ccccc2n1. The van der Waals surface area contributed by atoms with Gasteiger partial charge >= 0.3 is 6.03 Å². The summed E-state index contributed by atoms with van der Waals surface area (Å²) in [6.07, 6.45) is 3.82. The van der Waals surface area contributed by atoms with Crippen molar-refractivity contribution in [1.82, 2.24) is 14.7 Å². The average molecular weight is 310 g/mol. The first-order valence-electron chi connectivity index (χ1n) is 7.30. The number of carbonyl (C=O) groups excluding carboxylic acids is 1. The second-order valence-corrected chi connectivity index (χ2v) is 5.10. The molecule has 0 saturated heterocycles. The van der Waals surface area contributed by atoms with Crippen LogP contribution in [0.4, 0.5) is 10.5 Å². The number of hydrogen-bond acceptors (Lipinski definition) is 3. The summed E-state index contributed by atoms with van der Waals surface area (Å²) in [5, 5.41) is 5.65. The van der Waals surface area contributed by atoms with Crippen molar-refractivity contribution in [2.75, 3.05) is 12.4 Å². The van der Waals surface area contributed by atoms with Crippen molar-refractivity contribution in [3.05, 3.63) is 66.1 Å². The summed E-state index contributed by atoms with van der Waals surface area (Å²) in [7, 11) is 1.63. The van der Waals surface area contributed by atoms with Crippen molar-refractivity contribution in [3.63, 3.8) is 0 Å². The molecule has 3 aromatic rings. The number of hydrogen-bond donors (Lipinski definition) is 2. The largest absolute Gasteiger partial charge is 0.380 e. The number of fused-ring (bicyclic) bond motifs is 1. The molecule has 6 nitrogen and oxygen atoms in total. The predicted octanol–water partition coefficient (Wildman–Crippen LogP) is 2.80. The van der Waals surface area contributed by atoms with Gasteiger partial charge in [0.15, 0.2) is 0 Å². The molecule has 0 fully saturated rings. The number of carbonyl (C=O) groups is 1. The van der Waals surface area contributed by atoms with Crippen molar-refractivity contribution in [2.45, 2.75) is 13.2 Å². The summed E-state index contributed by atoms with van der Waals surface area (Å²) >= 11 is 0. The highest BCUT2D eigenvalue weighted by atomic mass is 16.5. The molecule has 0 spiro atoms. The van der Waals surface area contributed by atoms with Crippen LogP contribution < -0.4 is 10.6 Å². The van der Waals surface area contributed by atoms with Crippen molar-refractivity contribution in [1.29, 1.82) is 0 Å². The molecular formula is C17H18N4O2. The lowest BCUT2D eigenvalue weighted by Crippen LogP contribution is -2.28. The molecule has 2 heterocycles. The van der Waals surface area contributed by atoms with Crippen LogP contribution in [0.3, 0.4) is 0 Å². The molecule has 2 aromatic heterocycles. The van der Waals surface area contributed by atoms with E-state index in [9.17, 15) is 4.79 Å². The number of methoxy groups -OCH3 is 1. The number of amides is 2. The summed E-state index contributed by atoms with van der Waals surface area (Å²) in [5.41, 5.74) is 3.33. The Balaban J connectivity index is 1.61. The molecule has 0 unspecified atom stereocenters. The average Bonchev–Trinajstić information content (AvgIpc) is 2.98. The summed E-state index contributed by atoms with van der Waals surface area (Å²) in [4.78, 5) is 16.5. The van der Waals surface area contributed by atoms with Gasteiger partial charge in [0, 0.05) is 30.8 Å². The van der Waals surface area contributed by atoms with Gasteiger partial charge in [-0.05, 0) is 18.2 Å². The molecule has 6 heteroatoms. The molecule has 2 N–H and O–H groups in total. The van der Waals surface area contributed by atoms with Gasteiger partial charge in [-0.25, -0.2) is 9.78 Å². The Hall–Kier alpha value is -2.86. The number of para-hydroxylation sites is 1. The van der Waals surface area contributed by atoms with Crippen LogP contribution in [0.1, 0.15) is 11.3 Å². The number of anilines is 1. The van der Waals surface area contributed by atoms with E-state index in [1.54, 1.807) is 7.11 Å². The van der Waals surface area contributed by atoms with Gasteiger partial charge in [-0.2, -0.15) is 0 Å². The van der Waals surface area contributed by atoms with Crippen LogP contribution in [0.5, 0.6) is 0 Å². The van der Waals surface area contributed by atoms with Crippen molar-refractivity contribution in [2.24, 2.45) is 0 Å². The van der Waals surface area contributed by atoms with Crippen LogP contribution in [-0.4, -0.2) is 22.5 Å². The van der Waals surface area contributed by atoms with Crippen LogP contribution in [0, 0.1) is 0 Å². The van der Waals surface area contributed by atoms with E-state index in [0.29, 0.717) is 13.2 Å². The monoisotopic (exact) mass is 310 g/mol. The molecule has 2 amide bonds. The zero-order valence-electron chi connectivity index (χ0n) is 12.8. The van der Waals surface area contributed by atoms with Crippen LogP contribution in [0.25, 0.3) is 5.65 Å². The first-order valence-corrected chi connectivity index (χ1v) is 7.30. The maximum atomic E-state index is 12.1. The van der Waals surface area contributed by atoms with Crippen LogP contribution in [-0.2, 0) is 17.9 Å². The van der Waals surface area contributed by atoms with Gasteiger partial charge < -0.3 is 19.8 Å². The topological polar surface area (TPSA) is 67.7 Å². The van der Waals surface area contributed by atoms with Crippen LogP contribution in [0.15, 0.2) is 54.9 Å². The number of rotatable bonds is 5. The molecule has 0 atom stereocenters. The number of pyridine rings is 1. The van der Waals surface area contributed by atoms with Gasteiger partial charge in [-0.3, -0.25) is 0 Å². The van der Waals surface area contributed by atoms with Gasteiger partial charge in [0.2, 0.25) is 0 Å². The molecule has 0 aliphatic carbocycles. The lowest BCUT2D eigenvalue weighted by atomic mass is 10.2. The highest BCUT2D eigenvalue weighted by molar-refractivity contribution is 5.90. The van der Waals surface area contributed by atoms with E-state index in [1.807, 2.05) is 59.3 Å². The number of benzene rings is 1. The molecule has 0 radical (unpaired) electrons. The second-order valence-electron chi connectivity index (χ2n) is 5.10. The van der Waals surface area contributed by atoms with Gasteiger partial charge in [0.05, 0.1) is 18.8 Å². The van der Waals surface area contributed by atoms with Gasteiger partial charge in [-0.15, -0.1) is 0 Å². The van der Waals surface area contributed by atoms with E-state index in [2.05, 4.69) is 15.6 Å². The van der Waals surface area contributed by atoms with Gasteiger partial charge in [0.1, 0.15) is 5.65 Å². The Morgan fingerprint density at radius 3 is 2.87 bits per heavy atom. The standard InChI is InChI=1S/C17H18N4O2/c1-23-12-13-6-2-3-7-15(13)20-17(22)18-10-14-11-21-9-5-4-8-16(21)19-14/h2-9,11H,10,12H2,1H3,(H2,18,20,22). The molecule has 23 heavy (non-hydrogen) atoms.